The van der Waals surface area contributed by atoms with E-state index >= 15 is 0 Å². The Kier molecular flexibility index (Phi) is 6.65. The molecule has 0 unspecified atom stereocenters. The standard InChI is InChI=1S/C19H24N4O2/c1-14-6-4-5-7-16(14)13-22-19(25)17-12-15(8-9-20-17)18(24)21-10-11-23(2)3/h4-9,12H,10-11,13H2,1-3H3,(H,21,24)(H,22,25). The van der Waals surface area contributed by atoms with E-state index in [0.29, 0.717) is 18.7 Å². The minimum Gasteiger partial charge on any atom is -0.351 e. The zero-order valence-electron chi connectivity index (χ0n) is 14.9. The number of aromatic nitrogens is 1. The van der Waals surface area contributed by atoms with Crippen LogP contribution in [0.25, 0.3) is 0 Å². The summed E-state index contributed by atoms with van der Waals surface area (Å²) in [5.41, 5.74) is 2.82. The summed E-state index contributed by atoms with van der Waals surface area (Å²) in [4.78, 5) is 30.5. The molecule has 0 fully saturated rings. The quantitative estimate of drug-likeness (QED) is 0.803. The molecule has 0 aliphatic heterocycles. The van der Waals surface area contributed by atoms with Crippen LogP contribution in [0.1, 0.15) is 32.0 Å². The van der Waals surface area contributed by atoms with Crippen LogP contribution in [-0.2, 0) is 6.54 Å². The molecule has 0 aliphatic rings. The molecule has 0 atom stereocenters. The van der Waals surface area contributed by atoms with Crippen molar-refractivity contribution in [2.75, 3.05) is 27.2 Å². The normalized spacial score (nSPS) is 10.6. The number of carbonyl (C=O) groups is 2. The van der Waals surface area contributed by atoms with Gasteiger partial charge >= 0.3 is 0 Å². The van der Waals surface area contributed by atoms with Gasteiger partial charge in [0.15, 0.2) is 0 Å². The van der Waals surface area contributed by atoms with Crippen LogP contribution in [0, 0.1) is 6.92 Å². The topological polar surface area (TPSA) is 74.3 Å². The summed E-state index contributed by atoms with van der Waals surface area (Å²) in [5.74, 6) is -0.511. The van der Waals surface area contributed by atoms with E-state index in [1.165, 1.54) is 12.3 Å². The van der Waals surface area contributed by atoms with Crippen LogP contribution < -0.4 is 10.6 Å². The maximum atomic E-state index is 12.3. The number of carbonyl (C=O) groups excluding carboxylic acids is 2. The number of nitrogens with zero attached hydrogens (tertiary/aromatic N) is 2. The summed E-state index contributed by atoms with van der Waals surface area (Å²) in [5, 5.41) is 5.66. The third-order valence-corrected chi connectivity index (χ3v) is 3.80. The molecule has 2 rings (SSSR count). The second-order valence-electron chi connectivity index (χ2n) is 6.10. The molecule has 2 aromatic rings. The highest BCUT2D eigenvalue weighted by Gasteiger charge is 2.12. The molecule has 0 bridgehead atoms. The largest absolute Gasteiger partial charge is 0.351 e. The van der Waals surface area contributed by atoms with Gasteiger partial charge < -0.3 is 15.5 Å². The van der Waals surface area contributed by atoms with E-state index in [-0.39, 0.29) is 17.5 Å². The number of amides is 2. The SMILES string of the molecule is Cc1ccccc1CNC(=O)c1cc(C(=O)NCCN(C)C)ccn1. The Bertz CT molecular complexity index is 744. The van der Waals surface area contributed by atoms with Gasteiger partial charge in [-0.1, -0.05) is 24.3 Å². The maximum Gasteiger partial charge on any atom is 0.270 e. The van der Waals surface area contributed by atoms with Crippen LogP contribution in [-0.4, -0.2) is 48.9 Å². The highest BCUT2D eigenvalue weighted by atomic mass is 16.2. The molecule has 6 heteroatoms. The average Bonchev–Trinajstić information content (AvgIpc) is 2.60. The molecule has 0 aliphatic carbocycles. The molecule has 25 heavy (non-hydrogen) atoms. The highest BCUT2D eigenvalue weighted by molar-refractivity contribution is 5.98. The predicted molar refractivity (Wildman–Crippen MR) is 97.5 cm³/mol. The van der Waals surface area contributed by atoms with E-state index in [4.69, 9.17) is 0 Å². The van der Waals surface area contributed by atoms with E-state index in [9.17, 15) is 9.59 Å². The summed E-state index contributed by atoms with van der Waals surface area (Å²) in [7, 11) is 3.88. The first-order valence-corrected chi connectivity index (χ1v) is 8.19. The third-order valence-electron chi connectivity index (χ3n) is 3.80. The number of hydrogen-bond acceptors (Lipinski definition) is 4. The van der Waals surface area contributed by atoms with Crippen molar-refractivity contribution < 1.29 is 9.59 Å². The number of aryl methyl sites for hydroxylation is 1. The second-order valence-corrected chi connectivity index (χ2v) is 6.10. The van der Waals surface area contributed by atoms with Gasteiger partial charge in [-0.15, -0.1) is 0 Å². The van der Waals surface area contributed by atoms with Gasteiger partial charge in [-0.2, -0.15) is 0 Å². The Morgan fingerprint density at radius 1 is 1.08 bits per heavy atom. The molecule has 0 saturated heterocycles. The molecule has 2 N–H and O–H groups in total. The molecule has 1 aromatic carbocycles. The van der Waals surface area contributed by atoms with Gasteiger partial charge in [-0.25, -0.2) is 0 Å². The number of likely N-dealkylation sites (N-methyl/N-ethyl adjacent to an activating group) is 1. The van der Waals surface area contributed by atoms with E-state index in [1.54, 1.807) is 6.07 Å². The molecule has 1 heterocycles. The van der Waals surface area contributed by atoms with Gasteiger partial charge in [0.2, 0.25) is 0 Å². The van der Waals surface area contributed by atoms with Gasteiger partial charge in [0.1, 0.15) is 5.69 Å². The maximum absolute atomic E-state index is 12.3. The summed E-state index contributed by atoms with van der Waals surface area (Å²) in [6.45, 7) is 3.72. The molecular formula is C19H24N4O2. The van der Waals surface area contributed by atoms with E-state index in [0.717, 1.165) is 17.7 Å². The summed E-state index contributed by atoms with van der Waals surface area (Å²) in [6.07, 6.45) is 1.48. The van der Waals surface area contributed by atoms with Crippen molar-refractivity contribution in [3.8, 4) is 0 Å². The average molecular weight is 340 g/mol. The van der Waals surface area contributed by atoms with Crippen molar-refractivity contribution in [2.24, 2.45) is 0 Å². The summed E-state index contributed by atoms with van der Waals surface area (Å²) < 4.78 is 0. The highest BCUT2D eigenvalue weighted by Crippen LogP contribution is 2.07. The lowest BCUT2D eigenvalue weighted by Crippen LogP contribution is -2.31. The van der Waals surface area contributed by atoms with Gasteiger partial charge in [0.25, 0.3) is 11.8 Å². The third kappa shape index (κ3) is 5.69. The Morgan fingerprint density at radius 2 is 1.84 bits per heavy atom. The molecule has 0 saturated carbocycles. The van der Waals surface area contributed by atoms with Crippen molar-refractivity contribution in [3.05, 3.63) is 65.0 Å². The number of hydrogen-bond donors (Lipinski definition) is 2. The summed E-state index contributed by atoms with van der Waals surface area (Å²) >= 11 is 0. The fourth-order valence-corrected chi connectivity index (χ4v) is 2.27. The molecule has 1 aromatic heterocycles. The van der Waals surface area contributed by atoms with Crippen molar-refractivity contribution >= 4 is 11.8 Å². The molecule has 0 spiro atoms. The fraction of sp³-hybridized carbons (Fsp3) is 0.316. The molecule has 6 nitrogen and oxygen atoms in total. The molecule has 0 radical (unpaired) electrons. The second kappa shape index (κ2) is 8.94. The van der Waals surface area contributed by atoms with E-state index < -0.39 is 0 Å². The number of rotatable bonds is 7. The molecule has 132 valence electrons. The lowest BCUT2D eigenvalue weighted by atomic mass is 10.1. The Hall–Kier alpha value is -2.73. The molecule has 2 amide bonds. The van der Waals surface area contributed by atoms with Crippen LogP contribution >= 0.6 is 0 Å². The van der Waals surface area contributed by atoms with Crippen molar-refractivity contribution in [1.29, 1.82) is 0 Å². The van der Waals surface area contributed by atoms with E-state index in [1.807, 2.05) is 50.2 Å². The minimum atomic E-state index is -0.300. The Labute approximate surface area is 148 Å². The van der Waals surface area contributed by atoms with Crippen LogP contribution in [0.3, 0.4) is 0 Å². The first-order chi connectivity index (χ1) is 12.0. The van der Waals surface area contributed by atoms with Crippen molar-refractivity contribution in [2.45, 2.75) is 13.5 Å². The Balaban J connectivity index is 1.96. The van der Waals surface area contributed by atoms with Crippen LogP contribution in [0.2, 0.25) is 0 Å². The first-order valence-electron chi connectivity index (χ1n) is 8.19. The van der Waals surface area contributed by atoms with Gasteiger partial charge in [-0.3, -0.25) is 14.6 Å². The zero-order valence-corrected chi connectivity index (χ0v) is 14.9. The Morgan fingerprint density at radius 3 is 2.56 bits per heavy atom. The van der Waals surface area contributed by atoms with E-state index in [2.05, 4.69) is 15.6 Å². The van der Waals surface area contributed by atoms with Crippen LogP contribution in [0.15, 0.2) is 42.6 Å². The fourth-order valence-electron chi connectivity index (χ4n) is 2.27. The monoisotopic (exact) mass is 340 g/mol. The predicted octanol–water partition coefficient (Wildman–Crippen LogP) is 1.61. The number of nitrogens with one attached hydrogen (secondary N) is 2. The minimum absolute atomic E-state index is 0.211. The molecular weight excluding hydrogens is 316 g/mol. The van der Waals surface area contributed by atoms with Gasteiger partial charge in [0.05, 0.1) is 0 Å². The summed E-state index contributed by atoms with van der Waals surface area (Å²) in [6, 6.07) is 11.0. The van der Waals surface area contributed by atoms with Crippen molar-refractivity contribution in [1.82, 2.24) is 20.5 Å². The lowest BCUT2D eigenvalue weighted by molar-refractivity contribution is 0.0946. The smallest absolute Gasteiger partial charge is 0.270 e. The lowest BCUT2D eigenvalue weighted by Gasteiger charge is -2.11. The number of pyridine rings is 1. The first kappa shape index (κ1) is 18.6. The van der Waals surface area contributed by atoms with Gasteiger partial charge in [-0.05, 0) is 44.3 Å². The van der Waals surface area contributed by atoms with Crippen LogP contribution in [0.5, 0.6) is 0 Å². The zero-order chi connectivity index (χ0) is 18.2. The van der Waals surface area contributed by atoms with Crippen molar-refractivity contribution in [3.63, 3.8) is 0 Å². The number of benzene rings is 1. The van der Waals surface area contributed by atoms with Crippen LogP contribution in [0.4, 0.5) is 0 Å². The van der Waals surface area contributed by atoms with Gasteiger partial charge in [0, 0.05) is 31.4 Å².